The number of anilines is 1. The van der Waals surface area contributed by atoms with Gasteiger partial charge in [0.2, 0.25) is 11.8 Å². The van der Waals surface area contributed by atoms with Crippen LogP contribution < -0.4 is 24.8 Å². The Morgan fingerprint density at radius 3 is 2.80 bits per heavy atom. The summed E-state index contributed by atoms with van der Waals surface area (Å²) < 4.78 is 17.4. The van der Waals surface area contributed by atoms with Gasteiger partial charge in [-0.05, 0) is 12.1 Å². The van der Waals surface area contributed by atoms with Crippen molar-refractivity contribution in [3.8, 4) is 17.4 Å². The summed E-state index contributed by atoms with van der Waals surface area (Å²) >= 11 is 0. The van der Waals surface area contributed by atoms with E-state index in [0.29, 0.717) is 30.4 Å². The summed E-state index contributed by atoms with van der Waals surface area (Å²) in [6, 6.07) is 5.11. The van der Waals surface area contributed by atoms with Crippen LogP contribution in [0.2, 0.25) is 0 Å². The third kappa shape index (κ3) is 3.82. The highest BCUT2D eigenvalue weighted by Crippen LogP contribution is 2.32. The smallest absolute Gasteiger partial charge is 0.258 e. The molecule has 1 aromatic carbocycles. The van der Waals surface area contributed by atoms with E-state index in [4.69, 9.17) is 14.2 Å². The maximum atomic E-state index is 12.1. The average molecular weight is 346 g/mol. The summed E-state index contributed by atoms with van der Waals surface area (Å²) in [6.45, 7) is 0.779. The number of aryl methyl sites for hydroxylation is 1. The number of carbonyl (C=O) groups is 2. The minimum atomic E-state index is -0.442. The summed E-state index contributed by atoms with van der Waals surface area (Å²) in [5.74, 6) is 0.608. The molecule has 2 aromatic rings. The number of hydrogen-bond donors (Lipinski definition) is 2. The van der Waals surface area contributed by atoms with Gasteiger partial charge in [-0.1, -0.05) is 0 Å². The van der Waals surface area contributed by atoms with Gasteiger partial charge < -0.3 is 24.8 Å². The van der Waals surface area contributed by atoms with E-state index in [1.165, 1.54) is 18.0 Å². The molecular formula is C16H18N4O5. The molecule has 2 heterocycles. The van der Waals surface area contributed by atoms with Crippen LogP contribution in [0.15, 0.2) is 24.4 Å². The van der Waals surface area contributed by atoms with Gasteiger partial charge in [0.05, 0.1) is 13.7 Å². The highest BCUT2D eigenvalue weighted by Gasteiger charge is 2.17. The van der Waals surface area contributed by atoms with Gasteiger partial charge in [0.15, 0.2) is 11.5 Å². The van der Waals surface area contributed by atoms with Crippen LogP contribution in [0.4, 0.5) is 5.69 Å². The van der Waals surface area contributed by atoms with Gasteiger partial charge in [0, 0.05) is 25.0 Å². The van der Waals surface area contributed by atoms with Crippen LogP contribution in [0, 0.1) is 0 Å². The molecule has 0 saturated carbocycles. The Kier molecular flexibility index (Phi) is 4.73. The average Bonchev–Trinajstić information content (AvgIpc) is 3.00. The second-order valence-electron chi connectivity index (χ2n) is 5.32. The molecule has 0 bridgehead atoms. The maximum absolute atomic E-state index is 12.1. The Morgan fingerprint density at radius 2 is 2.04 bits per heavy atom. The third-order valence-electron chi connectivity index (χ3n) is 3.47. The predicted octanol–water partition coefficient (Wildman–Crippen LogP) is 0.568. The Hall–Kier alpha value is -3.23. The number of carbonyl (C=O) groups excluding carboxylic acids is 2. The molecule has 9 nitrogen and oxygen atoms in total. The van der Waals surface area contributed by atoms with Crippen LogP contribution >= 0.6 is 0 Å². The number of benzene rings is 1. The second-order valence-corrected chi connectivity index (χ2v) is 5.32. The summed E-state index contributed by atoms with van der Waals surface area (Å²) in [6.07, 6.45) is 1.52. The first kappa shape index (κ1) is 16.6. The van der Waals surface area contributed by atoms with Crippen LogP contribution in [0.3, 0.4) is 0 Å². The lowest BCUT2D eigenvalue weighted by molar-refractivity contribution is -0.115. The van der Waals surface area contributed by atoms with Gasteiger partial charge in [-0.15, -0.1) is 5.10 Å². The summed E-state index contributed by atoms with van der Waals surface area (Å²) in [7, 11) is 3.10. The van der Waals surface area contributed by atoms with Gasteiger partial charge in [-0.3, -0.25) is 14.3 Å². The van der Waals surface area contributed by atoms with E-state index in [-0.39, 0.29) is 23.9 Å². The minimum Gasteiger partial charge on any atom is -0.486 e. The largest absolute Gasteiger partial charge is 0.486 e. The first-order valence-electron chi connectivity index (χ1n) is 7.62. The standard InChI is InChI=1S/C16H18N4O5/c1-20-9-11(16(19-20)23-2)15(22)17-8-14(21)18-10-3-4-12-13(7-10)25-6-5-24-12/h3-4,7,9H,5-6,8H2,1-2H3,(H,17,22)(H,18,21). The number of nitrogens with one attached hydrogen (secondary N) is 2. The molecule has 2 amide bonds. The Balaban J connectivity index is 1.56. The molecule has 3 rings (SSSR count). The molecule has 1 aliphatic rings. The van der Waals surface area contributed by atoms with Crippen molar-refractivity contribution < 1.29 is 23.8 Å². The molecule has 1 aromatic heterocycles. The molecule has 0 spiro atoms. The predicted molar refractivity (Wildman–Crippen MR) is 88.2 cm³/mol. The normalized spacial score (nSPS) is 12.4. The molecular weight excluding hydrogens is 328 g/mol. The van der Waals surface area contributed by atoms with Crippen molar-refractivity contribution in [2.45, 2.75) is 0 Å². The monoisotopic (exact) mass is 346 g/mol. The van der Waals surface area contributed by atoms with Crippen LogP contribution in [-0.2, 0) is 11.8 Å². The molecule has 0 unspecified atom stereocenters. The van der Waals surface area contributed by atoms with Gasteiger partial charge in [0.25, 0.3) is 5.91 Å². The second kappa shape index (κ2) is 7.12. The van der Waals surface area contributed by atoms with Crippen molar-refractivity contribution >= 4 is 17.5 Å². The van der Waals surface area contributed by atoms with Crippen molar-refractivity contribution in [3.63, 3.8) is 0 Å². The number of rotatable bonds is 5. The zero-order valence-electron chi connectivity index (χ0n) is 13.9. The van der Waals surface area contributed by atoms with Crippen LogP contribution in [-0.4, -0.2) is 48.5 Å². The fraction of sp³-hybridized carbons (Fsp3) is 0.312. The van der Waals surface area contributed by atoms with E-state index >= 15 is 0 Å². The van der Waals surface area contributed by atoms with Gasteiger partial charge >= 0.3 is 0 Å². The number of fused-ring (bicyclic) bond motifs is 1. The summed E-state index contributed by atoms with van der Waals surface area (Å²) in [5, 5.41) is 9.21. The quantitative estimate of drug-likeness (QED) is 0.820. The molecule has 9 heteroatoms. The van der Waals surface area contributed by atoms with Gasteiger partial charge in [-0.25, -0.2) is 0 Å². The minimum absolute atomic E-state index is 0.189. The van der Waals surface area contributed by atoms with Gasteiger partial charge in [-0.2, -0.15) is 0 Å². The zero-order valence-corrected chi connectivity index (χ0v) is 13.9. The topological polar surface area (TPSA) is 104 Å². The SMILES string of the molecule is COc1nn(C)cc1C(=O)NCC(=O)Nc1ccc2c(c1)OCCO2. The number of hydrogen-bond acceptors (Lipinski definition) is 6. The lowest BCUT2D eigenvalue weighted by atomic mass is 10.2. The van der Waals surface area contributed by atoms with Crippen molar-refractivity contribution in [2.24, 2.45) is 7.05 Å². The Bertz CT molecular complexity index is 802. The van der Waals surface area contributed by atoms with Crippen LogP contribution in [0.5, 0.6) is 17.4 Å². The molecule has 0 aliphatic carbocycles. The number of nitrogens with zero attached hydrogens (tertiary/aromatic N) is 2. The highest BCUT2D eigenvalue weighted by atomic mass is 16.6. The molecule has 132 valence electrons. The van der Waals surface area contributed by atoms with Crippen LogP contribution in [0.25, 0.3) is 0 Å². The molecule has 2 N–H and O–H groups in total. The Morgan fingerprint density at radius 1 is 1.28 bits per heavy atom. The van der Waals surface area contributed by atoms with Crippen molar-refractivity contribution in [1.82, 2.24) is 15.1 Å². The first-order chi connectivity index (χ1) is 12.1. The van der Waals surface area contributed by atoms with Gasteiger partial charge in [0.1, 0.15) is 18.8 Å². The maximum Gasteiger partial charge on any atom is 0.258 e. The number of aromatic nitrogens is 2. The molecule has 0 saturated heterocycles. The van der Waals surface area contributed by atoms with Crippen molar-refractivity contribution in [1.29, 1.82) is 0 Å². The van der Waals surface area contributed by atoms with Crippen LogP contribution in [0.1, 0.15) is 10.4 Å². The van der Waals surface area contributed by atoms with E-state index in [9.17, 15) is 9.59 Å². The van der Waals surface area contributed by atoms with Crippen molar-refractivity contribution in [3.05, 3.63) is 30.0 Å². The molecule has 1 aliphatic heterocycles. The van der Waals surface area contributed by atoms with E-state index < -0.39 is 5.91 Å². The fourth-order valence-electron chi connectivity index (χ4n) is 2.36. The molecule has 0 radical (unpaired) electrons. The third-order valence-corrected chi connectivity index (χ3v) is 3.47. The number of methoxy groups -OCH3 is 1. The number of ether oxygens (including phenoxy) is 3. The van der Waals surface area contributed by atoms with E-state index in [2.05, 4.69) is 15.7 Å². The molecule has 0 atom stereocenters. The lowest BCUT2D eigenvalue weighted by Crippen LogP contribution is -2.32. The number of amides is 2. The highest BCUT2D eigenvalue weighted by molar-refractivity contribution is 6.00. The van der Waals surface area contributed by atoms with E-state index in [1.807, 2.05) is 0 Å². The van der Waals surface area contributed by atoms with Crippen molar-refractivity contribution in [2.75, 3.05) is 32.2 Å². The fourth-order valence-corrected chi connectivity index (χ4v) is 2.36. The first-order valence-corrected chi connectivity index (χ1v) is 7.62. The van der Waals surface area contributed by atoms with E-state index in [1.54, 1.807) is 25.2 Å². The summed E-state index contributed by atoms with van der Waals surface area (Å²) in [5.41, 5.74) is 0.819. The molecule has 25 heavy (non-hydrogen) atoms. The Labute approximate surface area is 143 Å². The zero-order chi connectivity index (χ0) is 17.8. The molecule has 0 fully saturated rings. The van der Waals surface area contributed by atoms with E-state index in [0.717, 1.165) is 0 Å². The lowest BCUT2D eigenvalue weighted by Gasteiger charge is -2.19. The summed E-state index contributed by atoms with van der Waals surface area (Å²) in [4.78, 5) is 24.2.